The molecule has 0 fully saturated rings. The Morgan fingerprint density at radius 2 is 2.06 bits per heavy atom. The number of aryl methyl sites for hydroxylation is 1. The molecule has 0 bridgehead atoms. The molecule has 2 nitrogen and oxygen atoms in total. The fourth-order valence-corrected chi connectivity index (χ4v) is 1.57. The Morgan fingerprint density at radius 1 is 1.29 bits per heavy atom. The van der Waals surface area contributed by atoms with Gasteiger partial charge in [0.1, 0.15) is 5.82 Å². The minimum absolute atomic E-state index is 0.143. The van der Waals surface area contributed by atoms with Crippen molar-refractivity contribution in [3.8, 4) is 0 Å². The highest BCUT2D eigenvalue weighted by Gasteiger charge is 1.99. The van der Waals surface area contributed by atoms with E-state index in [0.717, 1.165) is 25.1 Å². The van der Waals surface area contributed by atoms with E-state index in [0.29, 0.717) is 18.2 Å². The number of hydrogen-bond acceptors (Lipinski definition) is 2. The summed E-state index contributed by atoms with van der Waals surface area (Å²) in [6.45, 7) is 8.29. The Hall–Kier alpha value is -0.930. The van der Waals surface area contributed by atoms with E-state index in [1.54, 1.807) is 6.92 Å². The van der Waals surface area contributed by atoms with E-state index in [9.17, 15) is 4.39 Å². The number of hydrogen-bond donors (Lipinski definition) is 1. The molecule has 17 heavy (non-hydrogen) atoms. The molecule has 1 aromatic rings. The third-order valence-electron chi connectivity index (χ3n) is 2.56. The predicted molar refractivity (Wildman–Crippen MR) is 68.8 cm³/mol. The molecule has 3 heteroatoms. The minimum Gasteiger partial charge on any atom is -0.380 e. The summed E-state index contributed by atoms with van der Waals surface area (Å²) < 4.78 is 18.5. The zero-order valence-electron chi connectivity index (χ0n) is 10.9. The molecule has 0 unspecified atom stereocenters. The first-order chi connectivity index (χ1) is 8.09. The molecule has 1 rings (SSSR count). The van der Waals surface area contributed by atoms with Crippen LogP contribution in [0.25, 0.3) is 0 Å². The Labute approximate surface area is 103 Å². The first-order valence-corrected chi connectivity index (χ1v) is 6.15. The Bertz CT molecular complexity index is 339. The maximum absolute atomic E-state index is 13.0. The van der Waals surface area contributed by atoms with E-state index in [-0.39, 0.29) is 5.82 Å². The van der Waals surface area contributed by atoms with Gasteiger partial charge in [-0.2, -0.15) is 0 Å². The fraction of sp³-hybridized carbons (Fsp3) is 0.571. The van der Waals surface area contributed by atoms with Crippen LogP contribution in [0.5, 0.6) is 0 Å². The number of halogens is 1. The molecular formula is C14H22FNO. The fourth-order valence-electron chi connectivity index (χ4n) is 1.57. The van der Waals surface area contributed by atoms with Gasteiger partial charge in [0.05, 0.1) is 13.2 Å². The van der Waals surface area contributed by atoms with Gasteiger partial charge in [-0.25, -0.2) is 4.39 Å². The van der Waals surface area contributed by atoms with Crippen LogP contribution in [0.15, 0.2) is 18.2 Å². The molecule has 96 valence electrons. The van der Waals surface area contributed by atoms with Crippen molar-refractivity contribution in [3.05, 3.63) is 35.1 Å². The molecule has 0 aliphatic carbocycles. The van der Waals surface area contributed by atoms with E-state index in [4.69, 9.17) is 4.74 Å². The van der Waals surface area contributed by atoms with Crippen molar-refractivity contribution >= 4 is 0 Å². The van der Waals surface area contributed by atoms with Crippen molar-refractivity contribution < 1.29 is 9.13 Å². The predicted octanol–water partition coefficient (Wildman–Crippen LogP) is 2.69. The van der Waals surface area contributed by atoms with E-state index in [1.165, 1.54) is 6.07 Å². The van der Waals surface area contributed by atoms with Crippen molar-refractivity contribution in [2.75, 3.05) is 19.8 Å². The van der Waals surface area contributed by atoms with Crippen LogP contribution in [-0.4, -0.2) is 25.8 Å². The third kappa shape index (κ3) is 5.80. The van der Waals surface area contributed by atoms with Crippen LogP contribution in [0, 0.1) is 12.7 Å². The second-order valence-corrected chi connectivity index (χ2v) is 4.55. The summed E-state index contributed by atoms with van der Waals surface area (Å²) >= 11 is 0. The summed E-state index contributed by atoms with van der Waals surface area (Å²) in [5, 5.41) is 3.29. The van der Waals surface area contributed by atoms with Crippen LogP contribution < -0.4 is 5.32 Å². The van der Waals surface area contributed by atoms with Gasteiger partial charge in [0, 0.05) is 12.6 Å². The molecule has 0 saturated heterocycles. The quantitative estimate of drug-likeness (QED) is 0.739. The van der Waals surface area contributed by atoms with Crippen molar-refractivity contribution in [3.63, 3.8) is 0 Å². The number of rotatable bonds is 7. The third-order valence-corrected chi connectivity index (χ3v) is 2.56. The molecule has 0 amide bonds. The smallest absolute Gasteiger partial charge is 0.126 e. The molecule has 0 atom stereocenters. The standard InChI is InChI=1S/C14H22FNO/c1-11(2)16-7-9-17-8-6-13-4-5-14(15)12(3)10-13/h4-5,10-11,16H,6-9H2,1-3H3. The second kappa shape index (κ2) is 7.41. The molecular weight excluding hydrogens is 217 g/mol. The lowest BCUT2D eigenvalue weighted by Gasteiger charge is -2.09. The number of nitrogens with one attached hydrogen (secondary N) is 1. The lowest BCUT2D eigenvalue weighted by molar-refractivity contribution is 0.137. The first kappa shape index (κ1) is 14.1. The highest BCUT2D eigenvalue weighted by Crippen LogP contribution is 2.09. The highest BCUT2D eigenvalue weighted by molar-refractivity contribution is 5.23. The van der Waals surface area contributed by atoms with Gasteiger partial charge in [-0.15, -0.1) is 0 Å². The Kier molecular flexibility index (Phi) is 6.16. The number of ether oxygens (including phenoxy) is 1. The van der Waals surface area contributed by atoms with Gasteiger partial charge in [0.15, 0.2) is 0 Å². The van der Waals surface area contributed by atoms with Gasteiger partial charge >= 0.3 is 0 Å². The van der Waals surface area contributed by atoms with Crippen LogP contribution >= 0.6 is 0 Å². The topological polar surface area (TPSA) is 21.3 Å². The highest BCUT2D eigenvalue weighted by atomic mass is 19.1. The maximum Gasteiger partial charge on any atom is 0.126 e. The lowest BCUT2D eigenvalue weighted by atomic mass is 10.1. The minimum atomic E-state index is -0.143. The first-order valence-electron chi connectivity index (χ1n) is 6.15. The molecule has 0 heterocycles. The molecule has 0 aliphatic heterocycles. The van der Waals surface area contributed by atoms with Crippen LogP contribution in [-0.2, 0) is 11.2 Å². The van der Waals surface area contributed by atoms with Gasteiger partial charge in [-0.1, -0.05) is 26.0 Å². The summed E-state index contributed by atoms with van der Waals surface area (Å²) in [5.74, 6) is -0.143. The molecule has 0 spiro atoms. The van der Waals surface area contributed by atoms with E-state index < -0.39 is 0 Å². The van der Waals surface area contributed by atoms with E-state index in [1.807, 2.05) is 12.1 Å². The zero-order chi connectivity index (χ0) is 12.7. The second-order valence-electron chi connectivity index (χ2n) is 4.55. The maximum atomic E-state index is 13.0. The van der Waals surface area contributed by atoms with Gasteiger partial charge in [-0.05, 0) is 30.5 Å². The summed E-state index contributed by atoms with van der Waals surface area (Å²) in [6.07, 6.45) is 0.836. The van der Waals surface area contributed by atoms with Gasteiger partial charge in [-0.3, -0.25) is 0 Å². The van der Waals surface area contributed by atoms with Crippen molar-refractivity contribution in [1.82, 2.24) is 5.32 Å². The molecule has 0 saturated carbocycles. The van der Waals surface area contributed by atoms with E-state index in [2.05, 4.69) is 19.2 Å². The lowest BCUT2D eigenvalue weighted by Crippen LogP contribution is -2.26. The summed E-state index contributed by atoms with van der Waals surface area (Å²) in [5.41, 5.74) is 1.82. The normalized spacial score (nSPS) is 11.1. The Balaban J connectivity index is 2.16. The van der Waals surface area contributed by atoms with Gasteiger partial charge in [0.2, 0.25) is 0 Å². The summed E-state index contributed by atoms with van der Waals surface area (Å²) in [7, 11) is 0. The SMILES string of the molecule is Cc1cc(CCOCCNC(C)C)ccc1F. The van der Waals surface area contributed by atoms with Crippen molar-refractivity contribution in [2.24, 2.45) is 0 Å². The molecule has 0 aromatic heterocycles. The molecule has 0 radical (unpaired) electrons. The van der Waals surface area contributed by atoms with Gasteiger partial charge in [0.25, 0.3) is 0 Å². The monoisotopic (exact) mass is 239 g/mol. The zero-order valence-corrected chi connectivity index (χ0v) is 10.9. The van der Waals surface area contributed by atoms with Crippen molar-refractivity contribution in [1.29, 1.82) is 0 Å². The van der Waals surface area contributed by atoms with E-state index >= 15 is 0 Å². The van der Waals surface area contributed by atoms with Gasteiger partial charge < -0.3 is 10.1 Å². The largest absolute Gasteiger partial charge is 0.380 e. The summed E-state index contributed by atoms with van der Waals surface area (Å²) in [6, 6.07) is 5.71. The summed E-state index contributed by atoms with van der Waals surface area (Å²) in [4.78, 5) is 0. The average Bonchev–Trinajstić information content (AvgIpc) is 2.27. The molecule has 1 N–H and O–H groups in total. The molecule has 1 aromatic carbocycles. The number of benzene rings is 1. The molecule has 0 aliphatic rings. The Morgan fingerprint density at radius 3 is 2.71 bits per heavy atom. The van der Waals surface area contributed by atoms with Crippen LogP contribution in [0.1, 0.15) is 25.0 Å². The van der Waals surface area contributed by atoms with Crippen LogP contribution in [0.3, 0.4) is 0 Å². The van der Waals surface area contributed by atoms with Crippen molar-refractivity contribution in [2.45, 2.75) is 33.2 Å². The van der Waals surface area contributed by atoms with Crippen LogP contribution in [0.4, 0.5) is 4.39 Å². The van der Waals surface area contributed by atoms with Crippen LogP contribution in [0.2, 0.25) is 0 Å². The average molecular weight is 239 g/mol.